The summed E-state index contributed by atoms with van der Waals surface area (Å²) in [7, 11) is 0. The predicted octanol–water partition coefficient (Wildman–Crippen LogP) is 3.19. The number of benzene rings is 2. The fraction of sp³-hybridized carbons (Fsp3) is 0.158. The molecule has 25 heavy (non-hydrogen) atoms. The molecule has 2 N–H and O–H groups in total. The molecule has 0 bridgehead atoms. The number of aromatic carboxylic acids is 1. The second-order valence-electron chi connectivity index (χ2n) is 5.04. The number of amides is 1. The Hall–Kier alpha value is -3.33. The Labute approximate surface area is 144 Å². The van der Waals surface area contributed by atoms with Crippen LogP contribution in [0.5, 0.6) is 0 Å². The lowest BCUT2D eigenvalue weighted by molar-refractivity contribution is 0.0696. The summed E-state index contributed by atoms with van der Waals surface area (Å²) in [4.78, 5) is 22.2. The van der Waals surface area contributed by atoms with Crippen LogP contribution >= 0.6 is 0 Å². The molecule has 0 aromatic heterocycles. The summed E-state index contributed by atoms with van der Waals surface area (Å²) < 4.78 is 18.7. The zero-order valence-corrected chi connectivity index (χ0v) is 13.3. The first-order valence-electron chi connectivity index (χ1n) is 7.52. The average molecular weight is 341 g/mol. The standard InChI is InChI=1S/C19H16FNO4/c20-17-12-16(18(22)23)10-9-15(17)8-4-5-11-21-19(24)25-13-14-6-2-1-3-7-14/h1-3,6-7,9-10,12H,5,11,13H2,(H,21,24)(H,22,23). The molecule has 6 heteroatoms. The zero-order chi connectivity index (χ0) is 18.1. The van der Waals surface area contributed by atoms with Crippen LogP contribution in [0.3, 0.4) is 0 Å². The highest BCUT2D eigenvalue weighted by Gasteiger charge is 2.06. The van der Waals surface area contributed by atoms with Gasteiger partial charge in [0, 0.05) is 13.0 Å². The molecule has 128 valence electrons. The van der Waals surface area contributed by atoms with Gasteiger partial charge < -0.3 is 15.2 Å². The minimum Gasteiger partial charge on any atom is -0.478 e. The number of hydrogen-bond acceptors (Lipinski definition) is 3. The van der Waals surface area contributed by atoms with E-state index in [-0.39, 0.29) is 24.3 Å². The molecule has 1 amide bonds. The number of nitrogens with one attached hydrogen (secondary N) is 1. The quantitative estimate of drug-likeness (QED) is 0.647. The normalized spacial score (nSPS) is 9.64. The molecule has 0 aliphatic rings. The van der Waals surface area contributed by atoms with E-state index in [2.05, 4.69) is 17.2 Å². The van der Waals surface area contributed by atoms with E-state index in [0.29, 0.717) is 6.42 Å². The molecule has 0 unspecified atom stereocenters. The molecule has 5 nitrogen and oxygen atoms in total. The Balaban J connectivity index is 1.73. The Bertz CT molecular complexity index is 809. The largest absolute Gasteiger partial charge is 0.478 e. The summed E-state index contributed by atoms with van der Waals surface area (Å²) in [5.74, 6) is 3.42. The number of carbonyl (C=O) groups excluding carboxylic acids is 1. The highest BCUT2D eigenvalue weighted by atomic mass is 19.1. The lowest BCUT2D eigenvalue weighted by Gasteiger charge is -2.05. The van der Waals surface area contributed by atoms with Gasteiger partial charge in [-0.1, -0.05) is 42.2 Å². The van der Waals surface area contributed by atoms with E-state index in [9.17, 15) is 14.0 Å². The monoisotopic (exact) mass is 341 g/mol. The van der Waals surface area contributed by atoms with Crippen LogP contribution < -0.4 is 5.32 Å². The molecule has 0 saturated heterocycles. The van der Waals surface area contributed by atoms with Crippen LogP contribution in [0.2, 0.25) is 0 Å². The van der Waals surface area contributed by atoms with Gasteiger partial charge in [-0.05, 0) is 23.8 Å². The molecule has 0 aliphatic carbocycles. The molecule has 2 aromatic carbocycles. The summed E-state index contributed by atoms with van der Waals surface area (Å²) in [6, 6.07) is 12.8. The van der Waals surface area contributed by atoms with E-state index >= 15 is 0 Å². The molecule has 0 atom stereocenters. The van der Waals surface area contributed by atoms with Gasteiger partial charge in [0.15, 0.2) is 0 Å². The van der Waals surface area contributed by atoms with E-state index in [1.807, 2.05) is 30.3 Å². The number of carboxylic acids is 1. The molecule has 2 aromatic rings. The number of halogens is 1. The Morgan fingerprint density at radius 1 is 1.16 bits per heavy atom. The minimum absolute atomic E-state index is 0.108. The van der Waals surface area contributed by atoms with Crippen LogP contribution in [-0.4, -0.2) is 23.7 Å². The molecule has 0 saturated carbocycles. The first-order chi connectivity index (χ1) is 12.1. The van der Waals surface area contributed by atoms with E-state index in [0.717, 1.165) is 11.6 Å². The lowest BCUT2D eigenvalue weighted by Crippen LogP contribution is -2.24. The van der Waals surface area contributed by atoms with E-state index < -0.39 is 17.9 Å². The van der Waals surface area contributed by atoms with Gasteiger partial charge in [-0.25, -0.2) is 14.0 Å². The molecule has 0 aliphatic heterocycles. The topological polar surface area (TPSA) is 75.6 Å². The van der Waals surface area contributed by atoms with E-state index in [1.54, 1.807) is 0 Å². The minimum atomic E-state index is -1.20. The summed E-state index contributed by atoms with van der Waals surface area (Å²) in [5.41, 5.74) is 0.861. The van der Waals surface area contributed by atoms with Crippen molar-refractivity contribution in [3.63, 3.8) is 0 Å². The van der Waals surface area contributed by atoms with Crippen LogP contribution in [0.4, 0.5) is 9.18 Å². The summed E-state index contributed by atoms with van der Waals surface area (Å²) >= 11 is 0. The van der Waals surface area contributed by atoms with Crippen molar-refractivity contribution in [2.45, 2.75) is 13.0 Å². The smallest absolute Gasteiger partial charge is 0.407 e. The van der Waals surface area contributed by atoms with Gasteiger partial charge in [0.1, 0.15) is 12.4 Å². The van der Waals surface area contributed by atoms with Crippen LogP contribution in [0.1, 0.15) is 27.9 Å². The van der Waals surface area contributed by atoms with Crippen molar-refractivity contribution in [3.05, 3.63) is 71.0 Å². The summed E-state index contributed by atoms with van der Waals surface area (Å²) in [6.45, 7) is 0.439. The maximum absolute atomic E-state index is 13.7. The second-order valence-corrected chi connectivity index (χ2v) is 5.04. The Morgan fingerprint density at radius 2 is 1.92 bits per heavy atom. The third-order valence-electron chi connectivity index (χ3n) is 3.17. The second kappa shape index (κ2) is 9.08. The summed E-state index contributed by atoms with van der Waals surface area (Å²) in [5, 5.41) is 11.3. The molecule has 0 fully saturated rings. The van der Waals surface area contributed by atoms with Gasteiger partial charge in [0.05, 0.1) is 11.1 Å². The molecular weight excluding hydrogens is 325 g/mol. The van der Waals surface area contributed by atoms with Crippen LogP contribution in [0, 0.1) is 17.7 Å². The van der Waals surface area contributed by atoms with Crippen LogP contribution in [0.25, 0.3) is 0 Å². The number of alkyl carbamates (subject to hydrolysis) is 1. The van der Waals surface area contributed by atoms with Gasteiger partial charge in [0.25, 0.3) is 0 Å². The number of rotatable bonds is 5. The maximum Gasteiger partial charge on any atom is 0.407 e. The van der Waals surface area contributed by atoms with E-state index in [4.69, 9.17) is 9.84 Å². The number of carboxylic acid groups (broad SMARTS) is 1. The molecular formula is C19H16FNO4. The number of hydrogen-bond donors (Lipinski definition) is 2. The van der Waals surface area contributed by atoms with Crippen molar-refractivity contribution in [1.29, 1.82) is 0 Å². The Morgan fingerprint density at radius 3 is 2.60 bits per heavy atom. The highest BCUT2D eigenvalue weighted by molar-refractivity contribution is 5.87. The maximum atomic E-state index is 13.7. The SMILES string of the molecule is O=C(NCCC#Cc1ccc(C(=O)O)cc1F)OCc1ccccc1. The van der Waals surface area contributed by atoms with Crippen molar-refractivity contribution in [2.75, 3.05) is 6.54 Å². The average Bonchev–Trinajstić information content (AvgIpc) is 2.61. The molecule has 0 spiro atoms. The first-order valence-corrected chi connectivity index (χ1v) is 7.52. The number of carbonyl (C=O) groups is 2. The molecule has 2 rings (SSSR count). The predicted molar refractivity (Wildman–Crippen MR) is 89.5 cm³/mol. The van der Waals surface area contributed by atoms with Crippen molar-refractivity contribution in [1.82, 2.24) is 5.32 Å². The van der Waals surface area contributed by atoms with Gasteiger partial charge in [0.2, 0.25) is 0 Å². The Kier molecular flexibility index (Phi) is 6.55. The lowest BCUT2D eigenvalue weighted by atomic mass is 10.1. The van der Waals surface area contributed by atoms with Crippen molar-refractivity contribution < 1.29 is 23.8 Å². The van der Waals surface area contributed by atoms with Crippen LogP contribution in [-0.2, 0) is 11.3 Å². The van der Waals surface area contributed by atoms with Crippen molar-refractivity contribution in [2.24, 2.45) is 0 Å². The fourth-order valence-corrected chi connectivity index (χ4v) is 1.91. The first kappa shape index (κ1) is 18.0. The van der Waals surface area contributed by atoms with Gasteiger partial charge in [-0.15, -0.1) is 0 Å². The fourth-order valence-electron chi connectivity index (χ4n) is 1.91. The van der Waals surface area contributed by atoms with Gasteiger partial charge >= 0.3 is 12.1 Å². The van der Waals surface area contributed by atoms with E-state index in [1.165, 1.54) is 12.1 Å². The third-order valence-corrected chi connectivity index (χ3v) is 3.17. The molecule has 0 heterocycles. The number of ether oxygens (including phenoxy) is 1. The third kappa shape index (κ3) is 5.99. The van der Waals surface area contributed by atoms with Crippen molar-refractivity contribution in [3.8, 4) is 11.8 Å². The van der Waals surface area contributed by atoms with Gasteiger partial charge in [-0.2, -0.15) is 0 Å². The zero-order valence-electron chi connectivity index (χ0n) is 13.3. The summed E-state index contributed by atoms with van der Waals surface area (Å²) in [6.07, 6.45) is -0.247. The molecule has 0 radical (unpaired) electrons. The van der Waals surface area contributed by atoms with Crippen molar-refractivity contribution >= 4 is 12.1 Å². The highest BCUT2D eigenvalue weighted by Crippen LogP contribution is 2.09. The van der Waals surface area contributed by atoms with Gasteiger partial charge in [-0.3, -0.25) is 0 Å². The van der Waals surface area contributed by atoms with Crippen LogP contribution in [0.15, 0.2) is 48.5 Å².